The molecule has 2 aromatic rings. The summed E-state index contributed by atoms with van der Waals surface area (Å²) in [5.41, 5.74) is 35.5. The molecule has 2 aromatic carbocycles. The molecule has 0 aliphatic heterocycles. The maximum atomic E-state index is 6.17. The van der Waals surface area contributed by atoms with Crippen molar-refractivity contribution < 1.29 is 0 Å². The van der Waals surface area contributed by atoms with Crippen molar-refractivity contribution in [2.24, 2.45) is 0 Å². The maximum absolute atomic E-state index is 6.17. The average molecular weight is 357 g/mol. The molecule has 0 radical (unpaired) electrons. The number of nitrogens with two attached hydrogens (primary N) is 5. The highest BCUT2D eigenvalue weighted by atomic mass is 14.9. The molecular weight excluding hydrogens is 324 g/mol. The zero-order valence-corrected chi connectivity index (χ0v) is 16.4. The molecule has 0 aliphatic carbocycles. The largest absolute Gasteiger partial charge is 0.398 e. The van der Waals surface area contributed by atoms with Gasteiger partial charge in [0.25, 0.3) is 0 Å². The van der Waals surface area contributed by atoms with Gasteiger partial charge in [-0.25, -0.2) is 0 Å². The molecule has 0 bridgehead atoms. The van der Waals surface area contributed by atoms with Crippen molar-refractivity contribution in [1.82, 2.24) is 0 Å². The Balaban J connectivity index is 2.30. The Kier molecular flexibility index (Phi) is 4.90. The molecule has 6 heteroatoms. The van der Waals surface area contributed by atoms with Gasteiger partial charge < -0.3 is 34.0 Å². The molecular formula is C20H32N6. The summed E-state index contributed by atoms with van der Waals surface area (Å²) in [5.74, 6) is 0. The first-order valence-corrected chi connectivity index (χ1v) is 8.71. The molecule has 0 amide bonds. The van der Waals surface area contributed by atoms with Crippen molar-refractivity contribution in [3.63, 3.8) is 0 Å². The fourth-order valence-corrected chi connectivity index (χ4v) is 2.94. The number of hydrogen-bond acceptors (Lipinski definition) is 6. The fourth-order valence-electron chi connectivity index (χ4n) is 2.94. The molecule has 0 spiro atoms. The topological polar surface area (TPSA) is 142 Å². The first kappa shape index (κ1) is 19.6. The van der Waals surface area contributed by atoms with Gasteiger partial charge in [0.15, 0.2) is 0 Å². The van der Waals surface area contributed by atoms with Crippen LogP contribution in [0.5, 0.6) is 0 Å². The van der Waals surface area contributed by atoms with Crippen molar-refractivity contribution in [1.29, 1.82) is 0 Å². The van der Waals surface area contributed by atoms with E-state index in [2.05, 4.69) is 39.9 Å². The van der Waals surface area contributed by atoms with Crippen LogP contribution in [0, 0.1) is 0 Å². The van der Waals surface area contributed by atoms with Crippen LogP contribution < -0.4 is 34.0 Å². The van der Waals surface area contributed by atoms with E-state index in [1.165, 1.54) is 0 Å². The third-order valence-corrected chi connectivity index (χ3v) is 4.78. The number of benzene rings is 2. The summed E-state index contributed by atoms with van der Waals surface area (Å²) >= 11 is 0. The second-order valence-corrected chi connectivity index (χ2v) is 8.58. The molecule has 2 rings (SSSR count). The molecule has 142 valence electrons. The van der Waals surface area contributed by atoms with E-state index >= 15 is 0 Å². The lowest BCUT2D eigenvalue weighted by Gasteiger charge is -2.29. The Morgan fingerprint density at radius 3 is 1.77 bits per heavy atom. The van der Waals surface area contributed by atoms with Crippen LogP contribution in [-0.4, -0.2) is 6.54 Å². The van der Waals surface area contributed by atoms with Crippen molar-refractivity contribution in [3.8, 4) is 0 Å². The standard InChI is InChI=1S/C20H32N6/c1-19(2,3)12-8-17(14(22)9-13(12)21)26-10-20(4,5)11-6-15(23)18(25)16(24)7-11/h6-9,26H,10,21-25H2,1-5H3. The summed E-state index contributed by atoms with van der Waals surface area (Å²) < 4.78 is 0. The van der Waals surface area contributed by atoms with Crippen LogP contribution in [0.25, 0.3) is 0 Å². The average Bonchev–Trinajstić information content (AvgIpc) is 2.49. The summed E-state index contributed by atoms with van der Waals surface area (Å²) in [6.45, 7) is 11.3. The predicted molar refractivity (Wildman–Crippen MR) is 115 cm³/mol. The first-order valence-electron chi connectivity index (χ1n) is 8.71. The lowest BCUT2D eigenvalue weighted by Crippen LogP contribution is -2.28. The zero-order chi connectivity index (χ0) is 19.9. The normalized spacial score (nSPS) is 12.2. The van der Waals surface area contributed by atoms with E-state index in [9.17, 15) is 0 Å². The Morgan fingerprint density at radius 2 is 1.27 bits per heavy atom. The summed E-state index contributed by atoms with van der Waals surface area (Å²) in [4.78, 5) is 0. The van der Waals surface area contributed by atoms with Crippen LogP contribution in [-0.2, 0) is 10.8 Å². The Labute approximate surface area is 156 Å². The Bertz CT molecular complexity index is 795. The van der Waals surface area contributed by atoms with Gasteiger partial charge in [0, 0.05) is 17.6 Å². The molecule has 0 aliphatic rings. The maximum Gasteiger partial charge on any atom is 0.0781 e. The zero-order valence-electron chi connectivity index (χ0n) is 16.4. The van der Waals surface area contributed by atoms with Crippen LogP contribution in [0.4, 0.5) is 34.1 Å². The second kappa shape index (κ2) is 6.52. The van der Waals surface area contributed by atoms with E-state index in [1.807, 2.05) is 24.3 Å². The van der Waals surface area contributed by atoms with Gasteiger partial charge >= 0.3 is 0 Å². The van der Waals surface area contributed by atoms with E-state index in [-0.39, 0.29) is 10.8 Å². The quantitative estimate of drug-likeness (QED) is 0.464. The molecule has 0 aromatic heterocycles. The third-order valence-electron chi connectivity index (χ3n) is 4.78. The van der Waals surface area contributed by atoms with Crippen LogP contribution in [0.2, 0.25) is 0 Å². The number of hydrogen-bond donors (Lipinski definition) is 6. The predicted octanol–water partition coefficient (Wildman–Crippen LogP) is 3.28. The van der Waals surface area contributed by atoms with Crippen LogP contribution in [0.1, 0.15) is 45.7 Å². The second-order valence-electron chi connectivity index (χ2n) is 8.58. The molecule has 11 N–H and O–H groups in total. The van der Waals surface area contributed by atoms with Crippen molar-refractivity contribution in [3.05, 3.63) is 35.4 Å². The summed E-state index contributed by atoms with van der Waals surface area (Å²) in [7, 11) is 0. The van der Waals surface area contributed by atoms with Gasteiger partial charge in [0.1, 0.15) is 0 Å². The smallest absolute Gasteiger partial charge is 0.0781 e. The van der Waals surface area contributed by atoms with Crippen LogP contribution in [0.15, 0.2) is 24.3 Å². The minimum atomic E-state index is -0.230. The summed E-state index contributed by atoms with van der Waals surface area (Å²) in [6, 6.07) is 7.60. The van der Waals surface area contributed by atoms with E-state index in [4.69, 9.17) is 28.7 Å². The summed E-state index contributed by atoms with van der Waals surface area (Å²) in [6.07, 6.45) is 0. The molecule has 0 unspecified atom stereocenters. The lowest BCUT2D eigenvalue weighted by atomic mass is 9.83. The number of rotatable bonds is 4. The van der Waals surface area contributed by atoms with Gasteiger partial charge in [-0.15, -0.1) is 0 Å². The van der Waals surface area contributed by atoms with Gasteiger partial charge in [-0.2, -0.15) is 0 Å². The molecule has 0 fully saturated rings. The number of nitrogens with one attached hydrogen (secondary N) is 1. The minimum absolute atomic E-state index is 0.0659. The molecule has 0 heterocycles. The monoisotopic (exact) mass is 356 g/mol. The summed E-state index contributed by atoms with van der Waals surface area (Å²) in [5, 5.41) is 3.45. The Morgan fingerprint density at radius 1 is 0.731 bits per heavy atom. The first-order chi connectivity index (χ1) is 11.8. The van der Waals surface area contributed by atoms with Gasteiger partial charge in [-0.3, -0.25) is 0 Å². The molecule has 6 nitrogen and oxygen atoms in total. The van der Waals surface area contributed by atoms with E-state index in [0.717, 1.165) is 16.8 Å². The van der Waals surface area contributed by atoms with Crippen LogP contribution >= 0.6 is 0 Å². The lowest BCUT2D eigenvalue weighted by molar-refractivity contribution is 0.557. The van der Waals surface area contributed by atoms with Crippen molar-refractivity contribution in [2.45, 2.75) is 45.4 Å². The highest BCUT2D eigenvalue weighted by molar-refractivity contribution is 5.79. The van der Waals surface area contributed by atoms with Gasteiger partial charge in [-0.1, -0.05) is 34.6 Å². The van der Waals surface area contributed by atoms with Crippen molar-refractivity contribution >= 4 is 34.1 Å². The van der Waals surface area contributed by atoms with E-state index in [0.29, 0.717) is 35.0 Å². The van der Waals surface area contributed by atoms with Crippen LogP contribution in [0.3, 0.4) is 0 Å². The van der Waals surface area contributed by atoms with Gasteiger partial charge in [-0.05, 0) is 40.8 Å². The van der Waals surface area contributed by atoms with E-state index < -0.39 is 0 Å². The highest BCUT2D eigenvalue weighted by Crippen LogP contribution is 2.36. The van der Waals surface area contributed by atoms with E-state index in [1.54, 1.807) is 0 Å². The molecule has 0 atom stereocenters. The highest BCUT2D eigenvalue weighted by Gasteiger charge is 2.24. The van der Waals surface area contributed by atoms with Gasteiger partial charge in [0.2, 0.25) is 0 Å². The molecule has 0 saturated carbocycles. The number of anilines is 6. The van der Waals surface area contributed by atoms with Gasteiger partial charge in [0.05, 0.1) is 28.4 Å². The third kappa shape index (κ3) is 3.90. The van der Waals surface area contributed by atoms with Crippen molar-refractivity contribution in [2.75, 3.05) is 40.5 Å². The fraction of sp³-hybridized carbons (Fsp3) is 0.400. The molecule has 0 saturated heterocycles. The number of nitrogen functional groups attached to an aromatic ring is 5. The SMILES string of the molecule is CC(C)(C)c1cc(NCC(C)(C)c2cc(N)c(N)c(N)c2)c(N)cc1N. The minimum Gasteiger partial charge on any atom is -0.398 e. The molecule has 26 heavy (non-hydrogen) atoms. The Hall–Kier alpha value is -2.76.